The third-order valence-corrected chi connectivity index (χ3v) is 3.48. The Labute approximate surface area is 104 Å². The maximum absolute atomic E-state index is 13.8. The predicted octanol–water partition coefficient (Wildman–Crippen LogP) is 4.30. The zero-order valence-electron chi connectivity index (χ0n) is 11.2. The van der Waals surface area contributed by atoms with E-state index in [0.29, 0.717) is 5.92 Å². The lowest BCUT2D eigenvalue weighted by atomic mass is 9.87. The average molecular weight is 237 g/mol. The zero-order chi connectivity index (χ0) is 12.7. The van der Waals surface area contributed by atoms with E-state index in [2.05, 4.69) is 19.2 Å². The average Bonchev–Trinajstić information content (AvgIpc) is 2.36. The molecule has 0 amide bonds. The van der Waals surface area contributed by atoms with Crippen LogP contribution in [-0.2, 0) is 0 Å². The molecule has 17 heavy (non-hydrogen) atoms. The summed E-state index contributed by atoms with van der Waals surface area (Å²) in [6, 6.07) is 7.23. The highest BCUT2D eigenvalue weighted by Crippen LogP contribution is 2.30. The smallest absolute Gasteiger partial charge is 0.127 e. The largest absolute Gasteiger partial charge is 0.313 e. The summed E-state index contributed by atoms with van der Waals surface area (Å²) in [5, 5.41) is 3.28. The van der Waals surface area contributed by atoms with Gasteiger partial charge in [0.05, 0.1) is 0 Å². The van der Waals surface area contributed by atoms with Gasteiger partial charge in [-0.3, -0.25) is 0 Å². The van der Waals surface area contributed by atoms with Crippen molar-refractivity contribution in [3.05, 3.63) is 35.6 Å². The van der Waals surface area contributed by atoms with Crippen LogP contribution in [0, 0.1) is 11.7 Å². The first-order chi connectivity index (χ1) is 8.24. The minimum Gasteiger partial charge on any atom is -0.313 e. The van der Waals surface area contributed by atoms with Crippen LogP contribution in [-0.4, -0.2) is 7.05 Å². The highest BCUT2D eigenvalue weighted by molar-refractivity contribution is 5.21. The zero-order valence-corrected chi connectivity index (χ0v) is 11.2. The van der Waals surface area contributed by atoms with Gasteiger partial charge in [-0.15, -0.1) is 0 Å². The summed E-state index contributed by atoms with van der Waals surface area (Å²) in [5.74, 6) is 0.415. The van der Waals surface area contributed by atoms with Gasteiger partial charge in [-0.1, -0.05) is 51.3 Å². The second-order valence-corrected chi connectivity index (χ2v) is 4.60. The van der Waals surface area contributed by atoms with Gasteiger partial charge in [0.1, 0.15) is 5.82 Å². The lowest BCUT2D eigenvalue weighted by Crippen LogP contribution is -2.26. The number of hydrogen-bond donors (Lipinski definition) is 1. The van der Waals surface area contributed by atoms with E-state index < -0.39 is 0 Å². The Morgan fingerprint density at radius 3 is 2.47 bits per heavy atom. The molecule has 96 valence electrons. The van der Waals surface area contributed by atoms with Gasteiger partial charge in [0, 0.05) is 11.6 Å². The van der Waals surface area contributed by atoms with Gasteiger partial charge in [0.15, 0.2) is 0 Å². The van der Waals surface area contributed by atoms with Crippen LogP contribution in [0.4, 0.5) is 4.39 Å². The maximum atomic E-state index is 13.8. The topological polar surface area (TPSA) is 12.0 Å². The Morgan fingerprint density at radius 1 is 1.24 bits per heavy atom. The van der Waals surface area contributed by atoms with E-state index in [1.165, 1.54) is 12.8 Å². The number of unbranched alkanes of at least 4 members (excludes halogenated alkanes) is 1. The quantitative estimate of drug-likeness (QED) is 0.745. The summed E-state index contributed by atoms with van der Waals surface area (Å²) in [5.41, 5.74) is 0.804. The Balaban J connectivity index is 2.85. The molecule has 1 aromatic carbocycles. The van der Waals surface area contributed by atoms with Crippen molar-refractivity contribution < 1.29 is 4.39 Å². The van der Waals surface area contributed by atoms with Crippen LogP contribution in [0.25, 0.3) is 0 Å². The Morgan fingerprint density at radius 2 is 1.94 bits per heavy atom. The standard InChI is InChI=1S/C15H24FN/c1-4-6-9-12(5-2)15(17-3)13-10-7-8-11-14(13)16/h7-8,10-12,15,17H,4-6,9H2,1-3H3. The third kappa shape index (κ3) is 3.81. The molecular weight excluding hydrogens is 213 g/mol. The molecule has 0 aromatic heterocycles. The summed E-state index contributed by atoms with van der Waals surface area (Å²) < 4.78 is 13.8. The normalized spacial score (nSPS) is 14.6. The molecule has 0 aliphatic carbocycles. The minimum absolute atomic E-state index is 0.0956. The summed E-state index contributed by atoms with van der Waals surface area (Å²) >= 11 is 0. The van der Waals surface area contributed by atoms with Gasteiger partial charge in [-0.05, 0) is 25.5 Å². The van der Waals surface area contributed by atoms with Crippen LogP contribution in [0.15, 0.2) is 24.3 Å². The van der Waals surface area contributed by atoms with Gasteiger partial charge < -0.3 is 5.32 Å². The molecule has 1 nitrogen and oxygen atoms in total. The van der Waals surface area contributed by atoms with E-state index in [1.54, 1.807) is 12.1 Å². The first-order valence-electron chi connectivity index (χ1n) is 6.66. The molecule has 2 heteroatoms. The van der Waals surface area contributed by atoms with E-state index in [-0.39, 0.29) is 11.9 Å². The second-order valence-electron chi connectivity index (χ2n) is 4.60. The fourth-order valence-electron chi connectivity index (χ4n) is 2.45. The molecule has 2 unspecified atom stereocenters. The van der Waals surface area contributed by atoms with Crippen LogP contribution in [0.3, 0.4) is 0 Å². The van der Waals surface area contributed by atoms with E-state index in [0.717, 1.165) is 18.4 Å². The molecule has 0 fully saturated rings. The second kappa shape index (κ2) is 7.44. The van der Waals surface area contributed by atoms with Crippen molar-refractivity contribution in [2.75, 3.05) is 7.05 Å². The molecular formula is C15H24FN. The van der Waals surface area contributed by atoms with Gasteiger partial charge in [-0.25, -0.2) is 4.39 Å². The summed E-state index contributed by atoms with van der Waals surface area (Å²) in [6.45, 7) is 4.38. The van der Waals surface area contributed by atoms with Crippen LogP contribution in [0.1, 0.15) is 51.1 Å². The van der Waals surface area contributed by atoms with Gasteiger partial charge in [0.25, 0.3) is 0 Å². The Kier molecular flexibility index (Phi) is 6.20. The maximum Gasteiger partial charge on any atom is 0.127 e. The molecule has 0 spiro atoms. The van der Waals surface area contributed by atoms with Crippen molar-refractivity contribution in [1.82, 2.24) is 5.32 Å². The lowest BCUT2D eigenvalue weighted by molar-refractivity contribution is 0.331. The Hall–Kier alpha value is -0.890. The van der Waals surface area contributed by atoms with Gasteiger partial charge >= 0.3 is 0 Å². The molecule has 1 rings (SSSR count). The van der Waals surface area contributed by atoms with E-state index in [9.17, 15) is 4.39 Å². The molecule has 1 aromatic rings. The van der Waals surface area contributed by atoms with E-state index in [1.807, 2.05) is 19.2 Å². The fraction of sp³-hybridized carbons (Fsp3) is 0.600. The van der Waals surface area contributed by atoms with E-state index >= 15 is 0 Å². The number of hydrogen-bond acceptors (Lipinski definition) is 1. The van der Waals surface area contributed by atoms with Crippen molar-refractivity contribution in [2.45, 2.75) is 45.6 Å². The van der Waals surface area contributed by atoms with Crippen molar-refractivity contribution in [3.63, 3.8) is 0 Å². The molecule has 0 aliphatic heterocycles. The van der Waals surface area contributed by atoms with Crippen molar-refractivity contribution in [2.24, 2.45) is 5.92 Å². The summed E-state index contributed by atoms with van der Waals surface area (Å²) in [7, 11) is 1.92. The molecule has 0 bridgehead atoms. The van der Waals surface area contributed by atoms with Crippen LogP contribution in [0.2, 0.25) is 0 Å². The van der Waals surface area contributed by atoms with Crippen LogP contribution < -0.4 is 5.32 Å². The monoisotopic (exact) mass is 237 g/mol. The Bertz CT molecular complexity index is 324. The number of rotatable bonds is 7. The predicted molar refractivity (Wildman–Crippen MR) is 71.5 cm³/mol. The molecule has 2 atom stereocenters. The van der Waals surface area contributed by atoms with Crippen molar-refractivity contribution >= 4 is 0 Å². The van der Waals surface area contributed by atoms with Gasteiger partial charge in [0.2, 0.25) is 0 Å². The molecule has 0 aliphatic rings. The van der Waals surface area contributed by atoms with Crippen LogP contribution in [0.5, 0.6) is 0 Å². The number of benzene rings is 1. The summed E-state index contributed by atoms with van der Waals surface area (Å²) in [4.78, 5) is 0. The molecule has 1 N–H and O–H groups in total. The number of nitrogens with one attached hydrogen (secondary N) is 1. The van der Waals surface area contributed by atoms with E-state index in [4.69, 9.17) is 0 Å². The highest BCUT2D eigenvalue weighted by atomic mass is 19.1. The molecule has 0 saturated carbocycles. The SMILES string of the molecule is CCCCC(CC)C(NC)c1ccccc1F. The fourth-order valence-corrected chi connectivity index (χ4v) is 2.45. The van der Waals surface area contributed by atoms with Crippen molar-refractivity contribution in [1.29, 1.82) is 0 Å². The molecule has 0 saturated heterocycles. The first kappa shape index (κ1) is 14.2. The van der Waals surface area contributed by atoms with Crippen molar-refractivity contribution in [3.8, 4) is 0 Å². The first-order valence-corrected chi connectivity index (χ1v) is 6.66. The highest BCUT2D eigenvalue weighted by Gasteiger charge is 2.21. The van der Waals surface area contributed by atoms with Crippen LogP contribution >= 0.6 is 0 Å². The lowest BCUT2D eigenvalue weighted by Gasteiger charge is -2.26. The summed E-state index contributed by atoms with van der Waals surface area (Å²) in [6.07, 6.45) is 4.65. The third-order valence-electron chi connectivity index (χ3n) is 3.48. The molecule has 0 radical (unpaired) electrons. The van der Waals surface area contributed by atoms with Gasteiger partial charge in [-0.2, -0.15) is 0 Å². The molecule has 0 heterocycles. The number of halogens is 1. The minimum atomic E-state index is -0.0956.